The van der Waals surface area contributed by atoms with Crippen LogP contribution in [0.1, 0.15) is 17.3 Å². The number of halogens is 1. The van der Waals surface area contributed by atoms with Gasteiger partial charge in [0.05, 0.1) is 4.92 Å². The monoisotopic (exact) mass is 459 g/mol. The van der Waals surface area contributed by atoms with Crippen LogP contribution in [0.3, 0.4) is 0 Å². The van der Waals surface area contributed by atoms with E-state index in [-0.39, 0.29) is 17.2 Å². The van der Waals surface area contributed by atoms with Gasteiger partial charge in [-0.05, 0) is 36.4 Å². The minimum absolute atomic E-state index is 0.00984. The molecule has 0 saturated carbocycles. The van der Waals surface area contributed by atoms with E-state index in [1.54, 1.807) is 55.3 Å². The maximum Gasteiger partial charge on any atom is 0.305 e. The predicted octanol–water partition coefficient (Wildman–Crippen LogP) is 3.10. The molecule has 0 bridgehead atoms. The van der Waals surface area contributed by atoms with Crippen molar-refractivity contribution in [2.24, 2.45) is 0 Å². The third kappa shape index (κ3) is 5.74. The van der Waals surface area contributed by atoms with E-state index in [9.17, 15) is 19.7 Å². The Hall–Kier alpha value is -3.17. The molecule has 0 aliphatic carbocycles. The van der Waals surface area contributed by atoms with Gasteiger partial charge in [-0.3, -0.25) is 24.6 Å². The highest BCUT2D eigenvalue weighted by Gasteiger charge is 2.27. The van der Waals surface area contributed by atoms with E-state index in [4.69, 9.17) is 11.6 Å². The fourth-order valence-electron chi connectivity index (χ4n) is 3.64. The minimum atomic E-state index is -0.561. The van der Waals surface area contributed by atoms with E-state index in [0.717, 1.165) is 13.1 Å². The summed E-state index contributed by atoms with van der Waals surface area (Å²) in [6.07, 6.45) is 0. The first kappa shape index (κ1) is 23.5. The van der Waals surface area contributed by atoms with E-state index in [2.05, 4.69) is 10.2 Å². The number of nitro groups is 1. The lowest BCUT2D eigenvalue weighted by Crippen LogP contribution is -2.49. The number of nitrogens with zero attached hydrogens (tertiary/aromatic N) is 4. The Kier molecular flexibility index (Phi) is 7.66. The van der Waals surface area contributed by atoms with Gasteiger partial charge in [-0.1, -0.05) is 17.7 Å². The molecule has 1 saturated heterocycles. The molecule has 1 fully saturated rings. The Balaban J connectivity index is 1.71. The molecular weight excluding hydrogens is 434 g/mol. The van der Waals surface area contributed by atoms with Gasteiger partial charge >= 0.3 is 5.69 Å². The van der Waals surface area contributed by atoms with Gasteiger partial charge in [-0.2, -0.15) is 0 Å². The number of anilines is 2. The Morgan fingerprint density at radius 3 is 2.38 bits per heavy atom. The molecule has 1 N–H and O–H groups in total. The summed E-state index contributed by atoms with van der Waals surface area (Å²) in [6, 6.07) is 11.3. The summed E-state index contributed by atoms with van der Waals surface area (Å²) in [7, 11) is 1.77. The van der Waals surface area contributed by atoms with Gasteiger partial charge < -0.3 is 15.1 Å². The molecule has 0 radical (unpaired) electrons. The van der Waals surface area contributed by atoms with Crippen molar-refractivity contribution in [2.75, 3.05) is 56.5 Å². The number of carbonyl (C=O) groups excluding carboxylic acids is 2. The van der Waals surface area contributed by atoms with Crippen LogP contribution < -0.4 is 10.2 Å². The quantitative estimate of drug-likeness (QED) is 0.504. The van der Waals surface area contributed by atoms with Crippen molar-refractivity contribution in [1.82, 2.24) is 9.80 Å². The molecule has 9 nitrogen and oxygen atoms in total. The molecule has 1 heterocycles. The minimum Gasteiger partial charge on any atom is -0.368 e. The standard InChI is InChI=1S/C22H26ClN5O4/c1-16(29)27-14-12-26(13-15-27)11-10-25(2)20-5-3-4-19(21(20)28(31)32)22(30)24-18-8-6-17(23)7-9-18/h3-9H,10-15H2,1-2H3,(H,24,30). The maximum absolute atomic E-state index is 12.8. The fourth-order valence-corrected chi connectivity index (χ4v) is 3.77. The maximum atomic E-state index is 12.8. The zero-order valence-electron chi connectivity index (χ0n) is 18.1. The second-order valence-electron chi connectivity index (χ2n) is 7.66. The third-order valence-electron chi connectivity index (χ3n) is 5.52. The normalized spacial score (nSPS) is 14.2. The summed E-state index contributed by atoms with van der Waals surface area (Å²) in [6.45, 7) is 5.69. The first-order valence-corrected chi connectivity index (χ1v) is 10.7. The van der Waals surface area contributed by atoms with Crippen molar-refractivity contribution in [2.45, 2.75) is 6.92 Å². The van der Waals surface area contributed by atoms with Crippen molar-refractivity contribution >= 4 is 40.5 Å². The van der Waals surface area contributed by atoms with Crippen LogP contribution in [0.2, 0.25) is 5.02 Å². The SMILES string of the molecule is CC(=O)N1CCN(CCN(C)c2cccc(C(=O)Nc3ccc(Cl)cc3)c2[N+](=O)[O-])CC1. The summed E-state index contributed by atoms with van der Waals surface area (Å²) >= 11 is 5.87. The van der Waals surface area contributed by atoms with Crippen LogP contribution in [0, 0.1) is 10.1 Å². The molecule has 0 aromatic heterocycles. The third-order valence-corrected chi connectivity index (χ3v) is 5.78. The summed E-state index contributed by atoms with van der Waals surface area (Å²) < 4.78 is 0. The molecule has 32 heavy (non-hydrogen) atoms. The highest BCUT2D eigenvalue weighted by molar-refractivity contribution is 6.30. The number of amides is 2. The fraction of sp³-hybridized carbons (Fsp3) is 0.364. The van der Waals surface area contributed by atoms with Gasteiger partial charge in [0, 0.05) is 63.9 Å². The summed E-state index contributed by atoms with van der Waals surface area (Å²) in [5, 5.41) is 15.1. The molecule has 0 atom stereocenters. The molecule has 0 unspecified atom stereocenters. The lowest BCUT2D eigenvalue weighted by molar-refractivity contribution is -0.384. The number of benzene rings is 2. The van der Waals surface area contributed by atoms with E-state index in [1.807, 2.05) is 4.90 Å². The van der Waals surface area contributed by atoms with E-state index in [1.165, 1.54) is 6.07 Å². The van der Waals surface area contributed by atoms with Crippen LogP contribution in [0.4, 0.5) is 17.1 Å². The number of nitro benzene ring substituents is 1. The molecule has 10 heteroatoms. The number of piperazine rings is 1. The van der Waals surface area contributed by atoms with Gasteiger partial charge in [-0.15, -0.1) is 0 Å². The van der Waals surface area contributed by atoms with Gasteiger partial charge in [0.15, 0.2) is 0 Å². The molecule has 0 spiro atoms. The van der Waals surface area contributed by atoms with Crippen LogP contribution in [0.15, 0.2) is 42.5 Å². The van der Waals surface area contributed by atoms with Crippen molar-refractivity contribution in [3.05, 3.63) is 63.2 Å². The Morgan fingerprint density at radius 1 is 1.12 bits per heavy atom. The molecule has 1 aliphatic rings. The first-order chi connectivity index (χ1) is 15.3. The molecule has 2 aromatic rings. The number of rotatable bonds is 7. The lowest BCUT2D eigenvalue weighted by atomic mass is 10.1. The van der Waals surface area contributed by atoms with Crippen LogP contribution in [0.5, 0.6) is 0 Å². The largest absolute Gasteiger partial charge is 0.368 e. The number of hydrogen-bond acceptors (Lipinski definition) is 6. The van der Waals surface area contributed by atoms with Crippen molar-refractivity contribution in [1.29, 1.82) is 0 Å². The Morgan fingerprint density at radius 2 is 1.78 bits per heavy atom. The number of likely N-dealkylation sites (N-methyl/N-ethyl adjacent to an activating group) is 1. The average Bonchev–Trinajstić information content (AvgIpc) is 2.78. The molecule has 170 valence electrons. The van der Waals surface area contributed by atoms with Crippen LogP contribution >= 0.6 is 11.6 Å². The summed E-state index contributed by atoms with van der Waals surface area (Å²) in [5.74, 6) is -0.485. The molecule has 2 amide bonds. The van der Waals surface area contributed by atoms with Crippen molar-refractivity contribution in [3.8, 4) is 0 Å². The molecule has 2 aromatic carbocycles. The predicted molar refractivity (Wildman–Crippen MR) is 124 cm³/mol. The second kappa shape index (κ2) is 10.4. The van der Waals surface area contributed by atoms with E-state index < -0.39 is 10.8 Å². The van der Waals surface area contributed by atoms with Gasteiger partial charge in [0.2, 0.25) is 5.91 Å². The van der Waals surface area contributed by atoms with Crippen LogP contribution in [-0.2, 0) is 4.79 Å². The van der Waals surface area contributed by atoms with Crippen molar-refractivity contribution < 1.29 is 14.5 Å². The highest BCUT2D eigenvalue weighted by atomic mass is 35.5. The van der Waals surface area contributed by atoms with Crippen molar-refractivity contribution in [3.63, 3.8) is 0 Å². The molecular formula is C22H26ClN5O4. The zero-order valence-corrected chi connectivity index (χ0v) is 18.8. The Bertz CT molecular complexity index is 990. The zero-order chi connectivity index (χ0) is 23.3. The average molecular weight is 460 g/mol. The number of hydrogen-bond donors (Lipinski definition) is 1. The topological polar surface area (TPSA) is 99.0 Å². The van der Waals surface area contributed by atoms with E-state index in [0.29, 0.717) is 42.6 Å². The smallest absolute Gasteiger partial charge is 0.305 e. The van der Waals surface area contributed by atoms with Crippen LogP contribution in [0.25, 0.3) is 0 Å². The summed E-state index contributed by atoms with van der Waals surface area (Å²) in [4.78, 5) is 41.4. The number of carbonyl (C=O) groups is 2. The van der Waals surface area contributed by atoms with E-state index >= 15 is 0 Å². The molecule has 3 rings (SSSR count). The first-order valence-electron chi connectivity index (χ1n) is 10.3. The lowest BCUT2D eigenvalue weighted by Gasteiger charge is -2.35. The Labute approximate surface area is 191 Å². The number of nitrogens with one attached hydrogen (secondary N) is 1. The number of para-hydroxylation sites is 1. The van der Waals surface area contributed by atoms with Gasteiger partial charge in [0.25, 0.3) is 5.91 Å². The second-order valence-corrected chi connectivity index (χ2v) is 8.10. The van der Waals surface area contributed by atoms with Crippen LogP contribution in [-0.4, -0.2) is 72.9 Å². The molecule has 1 aliphatic heterocycles. The highest BCUT2D eigenvalue weighted by Crippen LogP contribution is 2.32. The summed E-state index contributed by atoms with van der Waals surface area (Å²) in [5.41, 5.74) is 0.630. The van der Waals surface area contributed by atoms with Gasteiger partial charge in [0.1, 0.15) is 11.3 Å². The van der Waals surface area contributed by atoms with Gasteiger partial charge in [-0.25, -0.2) is 0 Å².